The smallest absolute Gasteiger partial charge is 0.262 e. The van der Waals surface area contributed by atoms with Gasteiger partial charge in [-0.3, -0.25) is 14.6 Å². The molecule has 22 heavy (non-hydrogen) atoms. The monoisotopic (exact) mass is 316 g/mol. The highest BCUT2D eigenvalue weighted by Crippen LogP contribution is 2.35. The van der Waals surface area contributed by atoms with Crippen LogP contribution in [0.3, 0.4) is 0 Å². The molecule has 0 aliphatic carbocycles. The summed E-state index contributed by atoms with van der Waals surface area (Å²) < 4.78 is 0. The Kier molecular flexibility index (Phi) is 4.15. The lowest BCUT2D eigenvalue weighted by Crippen LogP contribution is -2.30. The second-order valence-corrected chi connectivity index (χ2v) is 6.10. The Bertz CT molecular complexity index is 686. The molecule has 0 saturated carbocycles. The molecule has 114 valence electrons. The number of hydrogen-bond acceptors (Lipinski definition) is 5. The summed E-state index contributed by atoms with van der Waals surface area (Å²) in [5.74, 6) is -0.157. The Morgan fingerprint density at radius 3 is 2.86 bits per heavy atom. The number of pyridine rings is 1. The highest BCUT2D eigenvalue weighted by Gasteiger charge is 2.32. The number of carbonyl (C=O) groups is 2. The van der Waals surface area contributed by atoms with Crippen LogP contribution < -0.4 is 5.32 Å². The van der Waals surface area contributed by atoms with Gasteiger partial charge >= 0.3 is 0 Å². The van der Waals surface area contributed by atoms with Crippen LogP contribution in [0.2, 0.25) is 0 Å². The Labute approximate surface area is 132 Å². The van der Waals surface area contributed by atoms with E-state index in [1.54, 1.807) is 37.8 Å². The Morgan fingerprint density at radius 1 is 1.36 bits per heavy atom. The summed E-state index contributed by atoms with van der Waals surface area (Å²) in [6.07, 6.45) is 6.62. The molecular formula is C15H16N4O2S. The van der Waals surface area contributed by atoms with Crippen molar-refractivity contribution < 1.29 is 9.59 Å². The summed E-state index contributed by atoms with van der Waals surface area (Å²) in [4.78, 5) is 35.0. The van der Waals surface area contributed by atoms with Crippen LogP contribution in [-0.2, 0) is 0 Å². The van der Waals surface area contributed by atoms with Crippen LogP contribution >= 0.6 is 11.3 Å². The van der Waals surface area contributed by atoms with Gasteiger partial charge in [0.25, 0.3) is 11.8 Å². The van der Waals surface area contributed by atoms with E-state index >= 15 is 0 Å². The number of nitrogens with zero attached hydrogens (tertiary/aromatic N) is 3. The SMILES string of the molecule is CNC(=O)c1cnc([C@@H]2CCCN2C(=O)c2ccncc2)s1. The van der Waals surface area contributed by atoms with Crippen LogP contribution in [0, 0.1) is 0 Å². The zero-order valence-corrected chi connectivity index (χ0v) is 13.0. The van der Waals surface area contributed by atoms with Gasteiger partial charge in [0.05, 0.1) is 12.2 Å². The molecule has 1 fully saturated rings. The van der Waals surface area contributed by atoms with E-state index < -0.39 is 0 Å². The Hall–Kier alpha value is -2.28. The molecule has 1 aliphatic rings. The molecular weight excluding hydrogens is 300 g/mol. The van der Waals surface area contributed by atoms with E-state index in [1.807, 2.05) is 4.90 Å². The number of thiazole rings is 1. The quantitative estimate of drug-likeness (QED) is 0.938. The van der Waals surface area contributed by atoms with Crippen molar-refractivity contribution in [3.05, 3.63) is 46.2 Å². The fourth-order valence-electron chi connectivity index (χ4n) is 2.60. The van der Waals surface area contributed by atoms with Gasteiger partial charge in [0.2, 0.25) is 0 Å². The van der Waals surface area contributed by atoms with Crippen molar-refractivity contribution in [1.82, 2.24) is 20.2 Å². The van der Waals surface area contributed by atoms with Crippen molar-refractivity contribution in [2.45, 2.75) is 18.9 Å². The van der Waals surface area contributed by atoms with E-state index in [2.05, 4.69) is 15.3 Å². The minimum absolute atomic E-state index is 0.0124. The van der Waals surface area contributed by atoms with Crippen LogP contribution in [0.1, 0.15) is 43.9 Å². The van der Waals surface area contributed by atoms with Gasteiger partial charge in [-0.2, -0.15) is 0 Å². The fourth-order valence-corrected chi connectivity index (χ4v) is 3.61. The number of aromatic nitrogens is 2. The van der Waals surface area contributed by atoms with Crippen molar-refractivity contribution in [2.24, 2.45) is 0 Å². The van der Waals surface area contributed by atoms with Crippen LogP contribution in [-0.4, -0.2) is 40.3 Å². The van der Waals surface area contributed by atoms with Crippen molar-refractivity contribution >= 4 is 23.2 Å². The normalized spacial score (nSPS) is 17.5. The molecule has 3 heterocycles. The second-order valence-electron chi connectivity index (χ2n) is 5.03. The first-order chi connectivity index (χ1) is 10.7. The maximum Gasteiger partial charge on any atom is 0.262 e. The molecule has 2 aromatic heterocycles. The largest absolute Gasteiger partial charge is 0.354 e. The molecule has 2 aromatic rings. The highest BCUT2D eigenvalue weighted by atomic mass is 32.1. The van der Waals surface area contributed by atoms with Gasteiger partial charge in [0, 0.05) is 31.5 Å². The van der Waals surface area contributed by atoms with E-state index in [0.29, 0.717) is 17.0 Å². The fraction of sp³-hybridized carbons (Fsp3) is 0.333. The van der Waals surface area contributed by atoms with Gasteiger partial charge in [0.1, 0.15) is 9.88 Å². The molecule has 1 atom stereocenters. The molecule has 0 spiro atoms. The van der Waals surface area contributed by atoms with E-state index in [9.17, 15) is 9.59 Å². The van der Waals surface area contributed by atoms with Crippen LogP contribution in [0.15, 0.2) is 30.7 Å². The lowest BCUT2D eigenvalue weighted by Gasteiger charge is -2.23. The minimum atomic E-state index is -0.145. The van der Waals surface area contributed by atoms with Crippen molar-refractivity contribution in [3.63, 3.8) is 0 Å². The molecule has 0 aromatic carbocycles. The summed E-state index contributed by atoms with van der Waals surface area (Å²) >= 11 is 1.35. The Morgan fingerprint density at radius 2 is 2.14 bits per heavy atom. The molecule has 6 nitrogen and oxygen atoms in total. The third kappa shape index (κ3) is 2.71. The topological polar surface area (TPSA) is 75.2 Å². The molecule has 0 radical (unpaired) electrons. The first-order valence-electron chi connectivity index (χ1n) is 7.09. The predicted molar refractivity (Wildman–Crippen MR) is 82.8 cm³/mol. The number of rotatable bonds is 3. The lowest BCUT2D eigenvalue weighted by molar-refractivity contribution is 0.0735. The zero-order chi connectivity index (χ0) is 15.5. The minimum Gasteiger partial charge on any atom is -0.354 e. The first kappa shape index (κ1) is 14.6. The highest BCUT2D eigenvalue weighted by molar-refractivity contribution is 7.13. The Balaban J connectivity index is 1.83. The van der Waals surface area contributed by atoms with Crippen LogP contribution in [0.5, 0.6) is 0 Å². The maximum atomic E-state index is 12.6. The number of amides is 2. The van der Waals surface area contributed by atoms with Crippen LogP contribution in [0.25, 0.3) is 0 Å². The number of hydrogen-bond donors (Lipinski definition) is 1. The van der Waals surface area contributed by atoms with E-state index in [-0.39, 0.29) is 17.9 Å². The summed E-state index contributed by atoms with van der Waals surface area (Å²) in [6.45, 7) is 0.709. The summed E-state index contributed by atoms with van der Waals surface area (Å²) in [7, 11) is 1.59. The van der Waals surface area contributed by atoms with Crippen molar-refractivity contribution in [2.75, 3.05) is 13.6 Å². The third-order valence-corrected chi connectivity index (χ3v) is 4.80. The van der Waals surface area contributed by atoms with Crippen molar-refractivity contribution in [1.29, 1.82) is 0 Å². The molecule has 3 rings (SSSR count). The van der Waals surface area contributed by atoms with Gasteiger partial charge < -0.3 is 10.2 Å². The number of carbonyl (C=O) groups excluding carboxylic acids is 2. The lowest BCUT2D eigenvalue weighted by atomic mass is 10.2. The van der Waals surface area contributed by atoms with Gasteiger partial charge in [-0.15, -0.1) is 11.3 Å². The van der Waals surface area contributed by atoms with E-state index in [1.165, 1.54) is 11.3 Å². The summed E-state index contributed by atoms with van der Waals surface area (Å²) in [5, 5.41) is 3.41. The molecule has 1 N–H and O–H groups in total. The summed E-state index contributed by atoms with van der Waals surface area (Å²) in [5.41, 5.74) is 0.630. The van der Waals surface area contributed by atoms with Gasteiger partial charge in [-0.1, -0.05) is 0 Å². The average molecular weight is 316 g/mol. The second kappa shape index (κ2) is 6.23. The summed E-state index contributed by atoms with van der Waals surface area (Å²) in [6, 6.07) is 3.38. The van der Waals surface area contributed by atoms with Gasteiger partial charge in [-0.25, -0.2) is 4.98 Å². The molecule has 7 heteroatoms. The number of likely N-dealkylation sites (tertiary alicyclic amines) is 1. The van der Waals surface area contributed by atoms with Crippen LogP contribution in [0.4, 0.5) is 0 Å². The molecule has 0 bridgehead atoms. The molecule has 1 aliphatic heterocycles. The van der Waals surface area contributed by atoms with Gasteiger partial charge in [0.15, 0.2) is 0 Å². The average Bonchev–Trinajstić information content (AvgIpc) is 3.22. The predicted octanol–water partition coefficient (Wildman–Crippen LogP) is 1.88. The van der Waals surface area contributed by atoms with Gasteiger partial charge in [-0.05, 0) is 25.0 Å². The molecule has 1 saturated heterocycles. The zero-order valence-electron chi connectivity index (χ0n) is 12.2. The standard InChI is InChI=1S/C15H16N4O2S/c1-16-13(20)12-9-18-14(22-12)11-3-2-8-19(11)15(21)10-4-6-17-7-5-10/h4-7,9,11H,2-3,8H2,1H3,(H,16,20)/t11-/m0/s1. The maximum absolute atomic E-state index is 12.6. The third-order valence-electron chi connectivity index (χ3n) is 3.70. The van der Waals surface area contributed by atoms with E-state index in [0.717, 1.165) is 17.8 Å². The number of nitrogens with one attached hydrogen (secondary N) is 1. The first-order valence-corrected chi connectivity index (χ1v) is 7.91. The molecule has 0 unspecified atom stereocenters. The van der Waals surface area contributed by atoms with E-state index in [4.69, 9.17) is 0 Å². The molecule has 2 amide bonds. The van der Waals surface area contributed by atoms with Crippen molar-refractivity contribution in [3.8, 4) is 0 Å².